The summed E-state index contributed by atoms with van der Waals surface area (Å²) in [5, 5.41) is 29.8. The van der Waals surface area contributed by atoms with Crippen molar-refractivity contribution >= 4 is 68.0 Å². The van der Waals surface area contributed by atoms with Crippen LogP contribution in [0.15, 0.2) is 72.2 Å². The largest absolute Gasteiger partial charge is 0.508 e. The maximum Gasteiger partial charge on any atom is 0.319 e. The number of phenols is 1. The fraction of sp³-hybridized carbons (Fsp3) is 0.474. The van der Waals surface area contributed by atoms with Gasteiger partial charge in [0.25, 0.3) is 0 Å². The first-order valence-corrected chi connectivity index (χ1v) is 27.3. The van der Waals surface area contributed by atoms with Gasteiger partial charge in [-0.05, 0) is 103 Å². The van der Waals surface area contributed by atoms with Gasteiger partial charge in [0.2, 0.25) is 11.8 Å². The number of likely N-dealkylation sites (tertiary alicyclic amines) is 2. The summed E-state index contributed by atoms with van der Waals surface area (Å²) in [6.07, 6.45) is 1.18. The molecule has 9 rings (SSSR count). The van der Waals surface area contributed by atoms with E-state index in [1.54, 1.807) is 23.5 Å². The maximum absolute atomic E-state index is 17.0. The smallest absolute Gasteiger partial charge is 0.319 e. The summed E-state index contributed by atoms with van der Waals surface area (Å²) in [6.45, 7) is 16.3. The van der Waals surface area contributed by atoms with E-state index in [1.165, 1.54) is 11.0 Å². The van der Waals surface area contributed by atoms with Crippen molar-refractivity contribution in [2.75, 3.05) is 70.5 Å². The molecule has 0 spiro atoms. The van der Waals surface area contributed by atoms with Crippen LogP contribution in [0, 0.1) is 24.1 Å². The molecule has 0 bridgehead atoms. The minimum Gasteiger partial charge on any atom is -0.508 e. The number of hydrogen-bond acceptors (Lipinski definition) is 14. The number of aliphatic hydroxyl groups is 1. The number of piperazine rings is 1. The summed E-state index contributed by atoms with van der Waals surface area (Å²) < 4.78 is 29.2. The minimum absolute atomic E-state index is 0.00585. The Morgan fingerprint density at radius 1 is 1.03 bits per heavy atom. The van der Waals surface area contributed by atoms with Crippen LogP contribution in [0.1, 0.15) is 77.5 Å². The molecular formula is C57H68ClFN8O7S. The second-order valence-electron chi connectivity index (χ2n) is 21.6. The molecule has 2 amide bonds. The molecule has 4 aromatic carbocycles. The fourth-order valence-electron chi connectivity index (χ4n) is 10.8. The summed E-state index contributed by atoms with van der Waals surface area (Å²) in [5.74, 6) is -0.925. The lowest BCUT2D eigenvalue weighted by atomic mass is 9.85. The third-order valence-electron chi connectivity index (χ3n) is 15.0. The molecule has 6 aromatic rings. The van der Waals surface area contributed by atoms with E-state index in [2.05, 4.69) is 37.3 Å². The number of carbonyl (C=O) groups excluding carboxylic acids is 3. The zero-order chi connectivity index (χ0) is 53.1. The second kappa shape index (κ2) is 23.2. The number of ether oxygens (including phenoxy) is 2. The molecule has 4 N–H and O–H groups in total. The van der Waals surface area contributed by atoms with Gasteiger partial charge in [0, 0.05) is 62.6 Å². The number of fused-ring (bicyclic) bond motifs is 2. The summed E-state index contributed by atoms with van der Waals surface area (Å²) in [7, 11) is 0. The average molecular weight is 1060 g/mol. The van der Waals surface area contributed by atoms with Gasteiger partial charge >= 0.3 is 6.01 Å². The molecule has 18 heteroatoms. The molecule has 5 heterocycles. The number of benzene rings is 4. The number of ketones is 1. The normalized spacial score (nSPS) is 19.7. The number of carbonyl (C=O) groups is 3. The molecule has 3 saturated heterocycles. The number of nitrogens with zero attached hydrogens (tertiary/aromatic N) is 6. The first-order valence-electron chi connectivity index (χ1n) is 26.1. The van der Waals surface area contributed by atoms with Crippen molar-refractivity contribution in [3.63, 3.8) is 0 Å². The van der Waals surface area contributed by atoms with E-state index in [0.29, 0.717) is 36.5 Å². The van der Waals surface area contributed by atoms with Crippen molar-refractivity contribution in [3.8, 4) is 33.3 Å². The van der Waals surface area contributed by atoms with Gasteiger partial charge in [-0.3, -0.25) is 19.3 Å². The number of halogens is 2. The highest BCUT2D eigenvalue weighted by Crippen LogP contribution is 2.43. The quantitative estimate of drug-likeness (QED) is 0.0683. The van der Waals surface area contributed by atoms with Crippen LogP contribution in [-0.4, -0.2) is 142 Å². The summed E-state index contributed by atoms with van der Waals surface area (Å²) >= 11 is 8.51. The minimum atomic E-state index is -0.947. The molecule has 0 aliphatic carbocycles. The van der Waals surface area contributed by atoms with Crippen LogP contribution in [0.2, 0.25) is 5.02 Å². The number of anilines is 1. The van der Waals surface area contributed by atoms with Gasteiger partial charge in [0.1, 0.15) is 36.3 Å². The predicted octanol–water partition coefficient (Wildman–Crippen LogP) is 8.54. The Hall–Kier alpha value is -5.82. The van der Waals surface area contributed by atoms with Crippen molar-refractivity contribution in [3.05, 3.63) is 94.3 Å². The number of aromatic nitrogens is 3. The Bertz CT molecular complexity index is 3040. The van der Waals surface area contributed by atoms with Gasteiger partial charge < -0.3 is 40.1 Å². The van der Waals surface area contributed by atoms with Crippen molar-refractivity contribution in [1.29, 1.82) is 0 Å². The maximum atomic E-state index is 17.0. The number of thiazole rings is 1. The zero-order valence-corrected chi connectivity index (χ0v) is 45.1. The monoisotopic (exact) mass is 1060 g/mol. The molecule has 398 valence electrons. The first kappa shape index (κ1) is 54.0. The van der Waals surface area contributed by atoms with Gasteiger partial charge in [0.15, 0.2) is 11.6 Å². The van der Waals surface area contributed by atoms with Gasteiger partial charge in [-0.15, -0.1) is 11.3 Å². The molecule has 0 saturated carbocycles. The van der Waals surface area contributed by atoms with Crippen LogP contribution in [0.25, 0.3) is 43.2 Å². The number of aryl methyl sites for hydroxylation is 1. The van der Waals surface area contributed by atoms with E-state index in [0.717, 1.165) is 71.5 Å². The lowest BCUT2D eigenvalue weighted by molar-refractivity contribution is -0.144. The summed E-state index contributed by atoms with van der Waals surface area (Å²) in [4.78, 5) is 62.4. The summed E-state index contributed by atoms with van der Waals surface area (Å²) in [5.41, 5.74) is 4.86. The van der Waals surface area contributed by atoms with Gasteiger partial charge in [-0.25, -0.2) is 9.37 Å². The van der Waals surface area contributed by atoms with Crippen LogP contribution >= 0.6 is 22.9 Å². The predicted molar refractivity (Wildman–Crippen MR) is 292 cm³/mol. The lowest BCUT2D eigenvalue weighted by Gasteiger charge is -2.35. The van der Waals surface area contributed by atoms with Crippen LogP contribution < -0.4 is 20.3 Å². The zero-order valence-electron chi connectivity index (χ0n) is 43.6. The molecule has 3 fully saturated rings. The highest BCUT2D eigenvalue weighted by atomic mass is 35.5. The molecule has 0 radical (unpaired) electrons. The van der Waals surface area contributed by atoms with E-state index < -0.39 is 41.2 Å². The van der Waals surface area contributed by atoms with Crippen LogP contribution in [0.4, 0.5) is 10.2 Å². The van der Waals surface area contributed by atoms with E-state index in [9.17, 15) is 24.6 Å². The molecule has 0 unspecified atom stereocenters. The first-order chi connectivity index (χ1) is 35.9. The SMILES string of the molecule is Cc1ncsc1-c1ccc([C@H](C)CC(=O)[C@@H]2C[C@@H](O)CN2C(=O)[C@@H](NC(=O)COCC2CCN(CCOc3nc(N4CCNC[C@@H]4C)c4cc(Cl)c(-c5cc(O)cc6ccccc56)c(F)c4n3)CC2)C(C)(C)C)cc1. The van der Waals surface area contributed by atoms with Crippen molar-refractivity contribution < 1.29 is 38.5 Å². The molecule has 2 aromatic heterocycles. The van der Waals surface area contributed by atoms with Crippen LogP contribution in [0.5, 0.6) is 11.8 Å². The van der Waals surface area contributed by atoms with Crippen LogP contribution in [0.3, 0.4) is 0 Å². The number of rotatable bonds is 17. The van der Waals surface area contributed by atoms with Gasteiger partial charge in [-0.1, -0.05) is 87.8 Å². The number of amides is 2. The van der Waals surface area contributed by atoms with E-state index in [-0.39, 0.29) is 84.1 Å². The second-order valence-corrected chi connectivity index (χ2v) is 22.9. The number of aliphatic hydroxyl groups excluding tert-OH is 1. The topological polar surface area (TPSA) is 183 Å². The Morgan fingerprint density at radius 3 is 2.51 bits per heavy atom. The number of aromatic hydroxyl groups is 1. The molecule has 75 heavy (non-hydrogen) atoms. The number of hydrogen-bond donors (Lipinski definition) is 4. The average Bonchev–Trinajstić information content (AvgIpc) is 4.01. The van der Waals surface area contributed by atoms with E-state index >= 15 is 4.39 Å². The van der Waals surface area contributed by atoms with E-state index in [1.807, 2.05) is 88.7 Å². The standard InChI is InChI=1S/C57H68ClFN8O7S/c1-33(37-11-13-38(14-12-37)52-35(3)61-32-75-52)23-47(70)46-26-41(69)29-67(46)55(72)53(57(4,5)6)62-48(71)31-73-30-36-15-18-65(19-16-36)21-22-74-56-63-51-44(54(64-56)66-20-17-60-28-34(66)2)27-45(58)49(50(51)59)43-25-40(68)24-39-9-7-8-10-42(39)43/h7-14,24-25,27,32-34,36,41,46,53,60,68-69H,15-23,26,28-31H2,1-6H3,(H,62,71)/t33-,34+,41-,46+,53-/m1/s1. The highest BCUT2D eigenvalue weighted by molar-refractivity contribution is 7.13. The number of piperidine rings is 1. The lowest BCUT2D eigenvalue weighted by Crippen LogP contribution is -2.57. The molecular weight excluding hydrogens is 995 g/mol. The van der Waals surface area contributed by atoms with Gasteiger partial charge in [0.05, 0.1) is 39.9 Å². The molecule has 3 aliphatic heterocycles. The van der Waals surface area contributed by atoms with Gasteiger partial charge in [-0.2, -0.15) is 9.97 Å². The van der Waals surface area contributed by atoms with Crippen molar-refractivity contribution in [1.82, 2.24) is 35.4 Å². The van der Waals surface area contributed by atoms with Crippen molar-refractivity contribution in [2.45, 2.75) is 97.4 Å². The molecule has 15 nitrogen and oxygen atoms in total. The Balaban J connectivity index is 0.770. The highest BCUT2D eigenvalue weighted by Gasteiger charge is 2.44. The van der Waals surface area contributed by atoms with E-state index in [4.69, 9.17) is 26.1 Å². The number of Topliss-reactive ketones (excluding diaryl/α,β-unsaturated/α-hetero) is 1. The number of β-amino-alcohol motifs (C(OH)–C–C–N with tert-alkyl or cyclic N) is 1. The number of phenolic OH excluding ortho intramolecular Hbond substituents is 1. The molecule has 5 atom stereocenters. The Labute approximate surface area is 446 Å². The third-order valence-corrected chi connectivity index (χ3v) is 16.3. The number of nitrogens with one attached hydrogen (secondary N) is 2. The van der Waals surface area contributed by atoms with Crippen LogP contribution in [-0.2, 0) is 19.1 Å². The fourth-order valence-corrected chi connectivity index (χ4v) is 11.9. The summed E-state index contributed by atoms with van der Waals surface area (Å²) in [6, 6.07) is 18.8. The Morgan fingerprint density at radius 2 is 1.79 bits per heavy atom. The Kier molecular flexibility index (Phi) is 16.7. The molecule has 3 aliphatic rings. The van der Waals surface area contributed by atoms with Crippen molar-refractivity contribution in [2.24, 2.45) is 11.3 Å². The third kappa shape index (κ3) is 12.2.